The Morgan fingerprint density at radius 3 is 2.79 bits per heavy atom. The number of hydrogen-bond donors (Lipinski definition) is 2. The van der Waals surface area contributed by atoms with Gasteiger partial charge < -0.3 is 4.90 Å². The normalized spacial score (nSPS) is 17.0. The summed E-state index contributed by atoms with van der Waals surface area (Å²) in [4.78, 5) is 15.0. The Hall–Kier alpha value is -3.55. The Kier molecular flexibility index (Phi) is 4.31. The molecule has 1 fully saturated rings. The molecule has 29 heavy (non-hydrogen) atoms. The summed E-state index contributed by atoms with van der Waals surface area (Å²) in [6, 6.07) is 11.8. The fourth-order valence-corrected chi connectivity index (χ4v) is 4.02. The maximum absolute atomic E-state index is 13.3. The summed E-state index contributed by atoms with van der Waals surface area (Å²) in [7, 11) is 0. The molecule has 0 bridgehead atoms. The Morgan fingerprint density at radius 2 is 1.93 bits per heavy atom. The van der Waals surface area contributed by atoms with Gasteiger partial charge in [0.1, 0.15) is 16.9 Å². The lowest BCUT2D eigenvalue weighted by Crippen LogP contribution is -2.39. The molecular weight excluding hydrogens is 371 g/mol. The van der Waals surface area contributed by atoms with E-state index in [0.29, 0.717) is 24.2 Å². The van der Waals surface area contributed by atoms with Crippen LogP contribution in [0.4, 0.5) is 4.39 Å². The Morgan fingerprint density at radius 1 is 1.10 bits per heavy atom. The van der Waals surface area contributed by atoms with Crippen LogP contribution in [-0.4, -0.2) is 49.5 Å². The van der Waals surface area contributed by atoms with Crippen LogP contribution in [0.3, 0.4) is 0 Å². The standard InChI is InChI=1S/C21H19FN6O/c22-16-6-3-13(4-7-16)17-11-23-26-20(17)15-2-1-9-28(12-15)21(29)14-5-8-18-19(10-14)25-27-24-18/h3-8,10-11,15H,1-2,9,12H2,(H,23,26)(H,24,25,27)/t15-/m1/s1. The van der Waals surface area contributed by atoms with Gasteiger partial charge in [0.15, 0.2) is 0 Å². The number of hydrogen-bond acceptors (Lipinski definition) is 4. The largest absolute Gasteiger partial charge is 0.338 e. The van der Waals surface area contributed by atoms with E-state index in [1.165, 1.54) is 12.1 Å². The lowest BCUT2D eigenvalue weighted by molar-refractivity contribution is 0.0706. The molecule has 7 nitrogen and oxygen atoms in total. The second-order valence-corrected chi connectivity index (χ2v) is 7.32. The van der Waals surface area contributed by atoms with E-state index >= 15 is 0 Å². The Labute approximate surface area is 165 Å². The first-order valence-electron chi connectivity index (χ1n) is 9.58. The molecular formula is C21H19FN6O. The Balaban J connectivity index is 1.39. The van der Waals surface area contributed by atoms with E-state index in [1.54, 1.807) is 36.5 Å². The quantitative estimate of drug-likeness (QED) is 0.560. The molecule has 1 aliphatic heterocycles. The fraction of sp³-hybridized carbons (Fsp3) is 0.238. The number of halogens is 1. The average molecular weight is 390 g/mol. The lowest BCUT2D eigenvalue weighted by atomic mass is 9.90. The van der Waals surface area contributed by atoms with Crippen molar-refractivity contribution in [3.05, 3.63) is 65.7 Å². The second kappa shape index (κ2) is 7.12. The van der Waals surface area contributed by atoms with Gasteiger partial charge in [0.25, 0.3) is 5.91 Å². The maximum Gasteiger partial charge on any atom is 0.253 e. The highest BCUT2D eigenvalue weighted by molar-refractivity contribution is 5.97. The molecule has 2 aromatic carbocycles. The van der Waals surface area contributed by atoms with Gasteiger partial charge in [-0.05, 0) is 48.7 Å². The third-order valence-electron chi connectivity index (χ3n) is 5.50. The number of rotatable bonds is 3. The molecule has 2 aromatic heterocycles. The minimum absolute atomic E-state index is 0.0116. The number of aromatic amines is 2. The molecule has 146 valence electrons. The first kappa shape index (κ1) is 17.5. The predicted octanol–water partition coefficient (Wildman–Crippen LogP) is 3.51. The Bertz CT molecular complexity index is 1170. The molecule has 1 aliphatic rings. The summed E-state index contributed by atoms with van der Waals surface area (Å²) >= 11 is 0. The number of fused-ring (bicyclic) bond motifs is 1. The van der Waals surface area contributed by atoms with Crippen molar-refractivity contribution in [2.75, 3.05) is 13.1 Å². The summed E-state index contributed by atoms with van der Waals surface area (Å²) in [6.07, 6.45) is 3.63. The highest BCUT2D eigenvalue weighted by atomic mass is 19.1. The van der Waals surface area contributed by atoms with Gasteiger partial charge in [-0.2, -0.15) is 20.5 Å². The highest BCUT2D eigenvalue weighted by Crippen LogP contribution is 2.33. The van der Waals surface area contributed by atoms with Gasteiger partial charge >= 0.3 is 0 Å². The molecule has 2 N–H and O–H groups in total. The highest BCUT2D eigenvalue weighted by Gasteiger charge is 2.28. The molecule has 3 heterocycles. The summed E-state index contributed by atoms with van der Waals surface area (Å²) < 4.78 is 13.3. The number of amides is 1. The predicted molar refractivity (Wildman–Crippen MR) is 106 cm³/mol. The van der Waals surface area contributed by atoms with Crippen molar-refractivity contribution >= 4 is 16.9 Å². The minimum Gasteiger partial charge on any atom is -0.338 e. The van der Waals surface area contributed by atoms with E-state index in [2.05, 4.69) is 25.6 Å². The van der Waals surface area contributed by atoms with Crippen LogP contribution in [0.15, 0.2) is 48.7 Å². The SMILES string of the molecule is O=C(c1ccc2n[nH]nc2c1)N1CCC[C@@H](c2[nH]ncc2-c2ccc(F)cc2)C1. The van der Waals surface area contributed by atoms with Crippen LogP contribution in [0, 0.1) is 5.82 Å². The van der Waals surface area contributed by atoms with Crippen molar-refractivity contribution in [3.63, 3.8) is 0 Å². The monoisotopic (exact) mass is 390 g/mol. The van der Waals surface area contributed by atoms with Gasteiger partial charge in [0, 0.05) is 35.8 Å². The van der Waals surface area contributed by atoms with Crippen molar-refractivity contribution in [2.45, 2.75) is 18.8 Å². The maximum atomic E-state index is 13.3. The number of carbonyl (C=O) groups is 1. The first-order valence-corrected chi connectivity index (χ1v) is 9.58. The number of H-pyrrole nitrogens is 2. The van der Waals surface area contributed by atoms with E-state index in [0.717, 1.165) is 35.2 Å². The van der Waals surface area contributed by atoms with Crippen LogP contribution in [0.5, 0.6) is 0 Å². The number of carbonyl (C=O) groups excluding carboxylic acids is 1. The van der Waals surface area contributed by atoms with Crippen LogP contribution in [-0.2, 0) is 0 Å². The number of piperidine rings is 1. The van der Waals surface area contributed by atoms with Gasteiger partial charge in [0.2, 0.25) is 0 Å². The molecule has 1 saturated heterocycles. The lowest BCUT2D eigenvalue weighted by Gasteiger charge is -2.32. The molecule has 1 amide bonds. The topological polar surface area (TPSA) is 90.6 Å². The van der Waals surface area contributed by atoms with Crippen molar-refractivity contribution in [2.24, 2.45) is 0 Å². The number of nitrogens with zero attached hydrogens (tertiary/aromatic N) is 4. The van der Waals surface area contributed by atoms with E-state index in [1.807, 2.05) is 4.90 Å². The molecule has 0 radical (unpaired) electrons. The van der Waals surface area contributed by atoms with Gasteiger partial charge in [-0.15, -0.1) is 0 Å². The molecule has 0 spiro atoms. The summed E-state index contributed by atoms with van der Waals surface area (Å²) in [5, 5.41) is 18.0. The summed E-state index contributed by atoms with van der Waals surface area (Å²) in [5.74, 6) is -0.134. The zero-order valence-electron chi connectivity index (χ0n) is 15.6. The second-order valence-electron chi connectivity index (χ2n) is 7.32. The van der Waals surface area contributed by atoms with Gasteiger partial charge in [-0.1, -0.05) is 12.1 Å². The summed E-state index contributed by atoms with van der Waals surface area (Å²) in [5.41, 5.74) is 4.87. The molecule has 0 saturated carbocycles. The smallest absolute Gasteiger partial charge is 0.253 e. The third kappa shape index (κ3) is 3.26. The van der Waals surface area contributed by atoms with Crippen LogP contribution in [0.1, 0.15) is 34.8 Å². The first-order chi connectivity index (χ1) is 14.2. The number of nitrogens with one attached hydrogen (secondary N) is 2. The van der Waals surface area contributed by atoms with Crippen molar-refractivity contribution in [1.82, 2.24) is 30.5 Å². The van der Waals surface area contributed by atoms with Crippen LogP contribution < -0.4 is 0 Å². The van der Waals surface area contributed by atoms with Crippen LogP contribution in [0.25, 0.3) is 22.2 Å². The van der Waals surface area contributed by atoms with Crippen molar-refractivity contribution in [3.8, 4) is 11.1 Å². The zero-order valence-corrected chi connectivity index (χ0v) is 15.6. The molecule has 1 atom stereocenters. The molecule has 4 aromatic rings. The van der Waals surface area contributed by atoms with Gasteiger partial charge in [-0.25, -0.2) is 4.39 Å². The molecule has 5 rings (SSSR count). The average Bonchev–Trinajstić information content (AvgIpc) is 3.43. The van der Waals surface area contributed by atoms with Gasteiger partial charge in [-0.3, -0.25) is 9.89 Å². The summed E-state index contributed by atoms with van der Waals surface area (Å²) in [6.45, 7) is 1.32. The fourth-order valence-electron chi connectivity index (χ4n) is 4.02. The van der Waals surface area contributed by atoms with Crippen molar-refractivity contribution < 1.29 is 9.18 Å². The number of aromatic nitrogens is 5. The zero-order chi connectivity index (χ0) is 19.8. The van der Waals surface area contributed by atoms with E-state index in [9.17, 15) is 9.18 Å². The molecule has 0 aliphatic carbocycles. The van der Waals surface area contributed by atoms with E-state index in [-0.39, 0.29) is 17.6 Å². The van der Waals surface area contributed by atoms with E-state index < -0.39 is 0 Å². The van der Waals surface area contributed by atoms with Crippen LogP contribution >= 0.6 is 0 Å². The van der Waals surface area contributed by atoms with Crippen molar-refractivity contribution in [1.29, 1.82) is 0 Å². The number of benzene rings is 2. The van der Waals surface area contributed by atoms with E-state index in [4.69, 9.17) is 0 Å². The minimum atomic E-state index is -0.266. The van der Waals surface area contributed by atoms with Crippen LogP contribution in [0.2, 0.25) is 0 Å². The number of likely N-dealkylation sites (tertiary alicyclic amines) is 1. The molecule has 0 unspecified atom stereocenters. The molecule has 8 heteroatoms. The van der Waals surface area contributed by atoms with Gasteiger partial charge in [0.05, 0.1) is 6.20 Å². The third-order valence-corrected chi connectivity index (χ3v) is 5.50.